The number of fused-ring (bicyclic) bond motifs is 1. The van der Waals surface area contributed by atoms with Crippen molar-refractivity contribution in [3.8, 4) is 5.75 Å². The van der Waals surface area contributed by atoms with E-state index in [2.05, 4.69) is 15.3 Å². The third kappa shape index (κ3) is 3.68. The zero-order chi connectivity index (χ0) is 16.9. The van der Waals surface area contributed by atoms with Crippen molar-refractivity contribution in [2.45, 2.75) is 24.1 Å². The number of carbonyl (C=O) groups is 1. The van der Waals surface area contributed by atoms with E-state index in [9.17, 15) is 4.79 Å². The predicted octanol–water partition coefficient (Wildman–Crippen LogP) is 4.21. The minimum absolute atomic E-state index is 0.0888. The molecule has 0 spiro atoms. The number of thioether (sulfide) groups is 1. The Labute approximate surface area is 148 Å². The van der Waals surface area contributed by atoms with E-state index in [4.69, 9.17) is 4.74 Å². The number of para-hydroxylation sites is 2. The Morgan fingerprint density at radius 3 is 3.00 bits per heavy atom. The molecule has 0 aliphatic heterocycles. The van der Waals surface area contributed by atoms with Gasteiger partial charge in [0.15, 0.2) is 0 Å². The van der Waals surface area contributed by atoms with Crippen molar-refractivity contribution < 1.29 is 9.53 Å². The SMILES string of the molecule is CCOc1ccccc1NC(=O)[C@@H](C)Sc1ncnc2sccc12. The van der Waals surface area contributed by atoms with Crippen molar-refractivity contribution in [2.75, 3.05) is 11.9 Å². The van der Waals surface area contributed by atoms with Crippen LogP contribution in [0.1, 0.15) is 13.8 Å². The highest BCUT2D eigenvalue weighted by Crippen LogP contribution is 2.31. The molecule has 3 rings (SSSR count). The molecule has 2 heterocycles. The first-order valence-electron chi connectivity index (χ1n) is 7.56. The monoisotopic (exact) mass is 359 g/mol. The molecule has 0 aliphatic rings. The van der Waals surface area contributed by atoms with Crippen molar-refractivity contribution in [1.29, 1.82) is 0 Å². The zero-order valence-electron chi connectivity index (χ0n) is 13.4. The van der Waals surface area contributed by atoms with Gasteiger partial charge in [-0.3, -0.25) is 4.79 Å². The summed E-state index contributed by atoms with van der Waals surface area (Å²) in [6, 6.07) is 9.41. The molecule has 24 heavy (non-hydrogen) atoms. The van der Waals surface area contributed by atoms with Gasteiger partial charge in [0, 0.05) is 5.39 Å². The van der Waals surface area contributed by atoms with E-state index < -0.39 is 0 Å². The number of aromatic nitrogens is 2. The number of hydrogen-bond acceptors (Lipinski definition) is 6. The van der Waals surface area contributed by atoms with Gasteiger partial charge in [-0.05, 0) is 37.4 Å². The van der Waals surface area contributed by atoms with Crippen molar-refractivity contribution in [2.24, 2.45) is 0 Å². The highest BCUT2D eigenvalue weighted by atomic mass is 32.2. The summed E-state index contributed by atoms with van der Waals surface area (Å²) < 4.78 is 5.54. The molecule has 124 valence electrons. The number of amides is 1. The number of nitrogens with zero attached hydrogens (tertiary/aromatic N) is 2. The maximum Gasteiger partial charge on any atom is 0.237 e. The van der Waals surface area contributed by atoms with Crippen LogP contribution >= 0.6 is 23.1 Å². The predicted molar refractivity (Wildman–Crippen MR) is 99.0 cm³/mol. The Morgan fingerprint density at radius 2 is 2.17 bits per heavy atom. The molecule has 0 aliphatic carbocycles. The lowest BCUT2D eigenvalue weighted by atomic mass is 10.3. The van der Waals surface area contributed by atoms with Gasteiger partial charge in [0.2, 0.25) is 5.91 Å². The van der Waals surface area contributed by atoms with Gasteiger partial charge in [0.25, 0.3) is 0 Å². The summed E-state index contributed by atoms with van der Waals surface area (Å²) in [5.74, 6) is 0.585. The summed E-state index contributed by atoms with van der Waals surface area (Å²) in [6.07, 6.45) is 1.54. The van der Waals surface area contributed by atoms with E-state index in [1.54, 1.807) is 11.3 Å². The molecule has 1 aromatic carbocycles. The number of carbonyl (C=O) groups excluding carboxylic acids is 1. The van der Waals surface area contributed by atoms with E-state index in [1.807, 2.05) is 49.6 Å². The van der Waals surface area contributed by atoms with Gasteiger partial charge in [-0.15, -0.1) is 11.3 Å². The van der Waals surface area contributed by atoms with Gasteiger partial charge in [-0.2, -0.15) is 0 Å². The van der Waals surface area contributed by atoms with E-state index in [0.717, 1.165) is 15.2 Å². The highest BCUT2D eigenvalue weighted by molar-refractivity contribution is 8.00. The maximum atomic E-state index is 12.5. The Hall–Kier alpha value is -2.12. The van der Waals surface area contributed by atoms with E-state index in [0.29, 0.717) is 18.0 Å². The number of benzene rings is 1. The van der Waals surface area contributed by atoms with Crippen LogP contribution in [-0.2, 0) is 4.79 Å². The van der Waals surface area contributed by atoms with Crippen LogP contribution in [0.5, 0.6) is 5.75 Å². The molecular formula is C17H17N3O2S2. The molecule has 3 aromatic rings. The third-order valence-corrected chi connectivity index (χ3v) is 5.26. The number of ether oxygens (including phenoxy) is 1. The maximum absolute atomic E-state index is 12.5. The molecule has 2 aromatic heterocycles. The second-order valence-electron chi connectivity index (χ2n) is 5.00. The number of anilines is 1. The Balaban J connectivity index is 1.72. The third-order valence-electron chi connectivity index (χ3n) is 3.33. The standard InChI is InChI=1S/C17H17N3O2S2/c1-3-22-14-7-5-4-6-13(14)20-15(21)11(2)24-17-12-8-9-23-16(12)18-10-19-17/h4-11H,3H2,1-2H3,(H,20,21)/t11-/m1/s1. The Morgan fingerprint density at radius 1 is 1.33 bits per heavy atom. The summed E-state index contributed by atoms with van der Waals surface area (Å²) in [6.45, 7) is 4.33. The first-order chi connectivity index (χ1) is 11.7. The molecule has 0 bridgehead atoms. The van der Waals surface area contributed by atoms with Crippen molar-refractivity contribution in [1.82, 2.24) is 9.97 Å². The number of thiophene rings is 1. The minimum Gasteiger partial charge on any atom is -0.492 e. The molecule has 5 nitrogen and oxygen atoms in total. The normalized spacial score (nSPS) is 12.1. The second kappa shape index (κ2) is 7.63. The molecule has 1 amide bonds. The molecule has 0 fully saturated rings. The largest absolute Gasteiger partial charge is 0.492 e. The molecule has 0 saturated carbocycles. The van der Waals surface area contributed by atoms with Gasteiger partial charge < -0.3 is 10.1 Å². The fourth-order valence-corrected chi connectivity index (χ4v) is 3.87. The van der Waals surface area contributed by atoms with Crippen LogP contribution in [0.3, 0.4) is 0 Å². The van der Waals surface area contributed by atoms with E-state index in [-0.39, 0.29) is 11.2 Å². The molecule has 1 atom stereocenters. The summed E-state index contributed by atoms with van der Waals surface area (Å²) in [7, 11) is 0. The van der Waals surface area contributed by atoms with Crippen LogP contribution in [0.25, 0.3) is 10.2 Å². The summed E-state index contributed by atoms with van der Waals surface area (Å²) in [5, 5.41) is 6.43. The molecule has 7 heteroatoms. The first-order valence-corrected chi connectivity index (χ1v) is 9.32. The van der Waals surface area contributed by atoms with Gasteiger partial charge in [0.05, 0.1) is 17.5 Å². The van der Waals surface area contributed by atoms with Crippen LogP contribution in [0.15, 0.2) is 47.1 Å². The molecule has 1 N–H and O–H groups in total. The summed E-state index contributed by atoms with van der Waals surface area (Å²) in [4.78, 5) is 22.0. The van der Waals surface area contributed by atoms with E-state index in [1.165, 1.54) is 18.1 Å². The summed E-state index contributed by atoms with van der Waals surface area (Å²) in [5.41, 5.74) is 0.681. The molecule has 0 unspecified atom stereocenters. The van der Waals surface area contributed by atoms with Crippen LogP contribution in [0, 0.1) is 0 Å². The Kier molecular flexibility index (Phi) is 5.32. The lowest BCUT2D eigenvalue weighted by molar-refractivity contribution is -0.115. The molecular weight excluding hydrogens is 342 g/mol. The minimum atomic E-state index is -0.294. The topological polar surface area (TPSA) is 64.1 Å². The highest BCUT2D eigenvalue weighted by Gasteiger charge is 2.18. The lowest BCUT2D eigenvalue weighted by Gasteiger charge is -2.14. The van der Waals surface area contributed by atoms with Gasteiger partial charge >= 0.3 is 0 Å². The van der Waals surface area contributed by atoms with Crippen LogP contribution in [0.4, 0.5) is 5.69 Å². The zero-order valence-corrected chi connectivity index (χ0v) is 15.0. The fourth-order valence-electron chi connectivity index (χ4n) is 2.17. The van der Waals surface area contributed by atoms with Gasteiger partial charge in [0.1, 0.15) is 21.9 Å². The van der Waals surface area contributed by atoms with E-state index >= 15 is 0 Å². The lowest BCUT2D eigenvalue weighted by Crippen LogP contribution is -2.22. The smallest absolute Gasteiger partial charge is 0.237 e. The number of rotatable bonds is 6. The van der Waals surface area contributed by atoms with Crippen LogP contribution in [-0.4, -0.2) is 27.7 Å². The van der Waals surface area contributed by atoms with Crippen LogP contribution in [0.2, 0.25) is 0 Å². The fraction of sp³-hybridized carbons (Fsp3) is 0.235. The average molecular weight is 359 g/mol. The number of hydrogen-bond donors (Lipinski definition) is 1. The van der Waals surface area contributed by atoms with Crippen molar-refractivity contribution in [3.05, 3.63) is 42.0 Å². The average Bonchev–Trinajstić information content (AvgIpc) is 3.06. The van der Waals surface area contributed by atoms with Crippen molar-refractivity contribution >= 4 is 44.9 Å². The van der Waals surface area contributed by atoms with Crippen LogP contribution < -0.4 is 10.1 Å². The Bertz CT molecular complexity index is 850. The molecule has 0 saturated heterocycles. The molecule has 0 radical (unpaired) electrons. The number of nitrogens with one attached hydrogen (secondary N) is 1. The van der Waals surface area contributed by atoms with Gasteiger partial charge in [-0.1, -0.05) is 23.9 Å². The second-order valence-corrected chi connectivity index (χ2v) is 7.22. The van der Waals surface area contributed by atoms with Gasteiger partial charge in [-0.25, -0.2) is 9.97 Å². The first kappa shape index (κ1) is 16.7. The van der Waals surface area contributed by atoms with Crippen molar-refractivity contribution in [3.63, 3.8) is 0 Å². The summed E-state index contributed by atoms with van der Waals surface area (Å²) >= 11 is 2.99. The quantitative estimate of drug-likeness (QED) is 0.528.